The van der Waals surface area contributed by atoms with Crippen LogP contribution in [0.5, 0.6) is 5.75 Å². The van der Waals surface area contributed by atoms with Gasteiger partial charge in [-0.25, -0.2) is 4.39 Å². The molecule has 1 N–H and O–H groups in total. The Labute approximate surface area is 164 Å². The van der Waals surface area contributed by atoms with Crippen LogP contribution in [0, 0.1) is 5.82 Å². The molecule has 0 spiro atoms. The van der Waals surface area contributed by atoms with Crippen LogP contribution in [0.1, 0.15) is 5.56 Å². The summed E-state index contributed by atoms with van der Waals surface area (Å²) in [5, 5.41) is 3.97. The maximum absolute atomic E-state index is 13.6. The van der Waals surface area contributed by atoms with Gasteiger partial charge in [-0.15, -0.1) is 0 Å². The molecule has 8 heteroatoms. The van der Waals surface area contributed by atoms with Crippen molar-refractivity contribution in [1.29, 1.82) is 0 Å². The Kier molecular flexibility index (Phi) is 8.16. The second-order valence-corrected chi connectivity index (χ2v) is 7.32. The predicted octanol–water partition coefficient (Wildman–Crippen LogP) is 5.21. The maximum atomic E-state index is 13.6. The molecule has 0 aromatic heterocycles. The Balaban J connectivity index is 1.65. The largest absolute Gasteiger partial charge is 0.482 e. The second-order valence-electron chi connectivity index (χ2n) is 4.97. The topological polar surface area (TPSA) is 38.3 Å². The SMILES string of the molecule is O=C(COc1ccc(Cl)cc1Cl)NCCSCc1c(F)cccc1Cl. The first kappa shape index (κ1) is 20.2. The highest BCUT2D eigenvalue weighted by Crippen LogP contribution is 2.27. The number of halogens is 4. The van der Waals surface area contributed by atoms with Crippen LogP contribution in [-0.2, 0) is 10.5 Å². The Hall–Kier alpha value is -1.14. The molecule has 0 unspecified atom stereocenters. The summed E-state index contributed by atoms with van der Waals surface area (Å²) in [5.41, 5.74) is 0.473. The Morgan fingerprint density at radius 1 is 1.16 bits per heavy atom. The minimum absolute atomic E-state index is 0.148. The Bertz CT molecular complexity index is 726. The van der Waals surface area contributed by atoms with Crippen molar-refractivity contribution in [3.05, 3.63) is 62.8 Å². The zero-order valence-corrected chi connectivity index (χ0v) is 16.1. The van der Waals surface area contributed by atoms with Crippen LogP contribution in [0.4, 0.5) is 4.39 Å². The molecule has 2 aromatic rings. The van der Waals surface area contributed by atoms with Crippen LogP contribution in [0.15, 0.2) is 36.4 Å². The van der Waals surface area contributed by atoms with Crippen molar-refractivity contribution in [3.63, 3.8) is 0 Å². The van der Waals surface area contributed by atoms with E-state index in [4.69, 9.17) is 39.5 Å². The molecule has 0 saturated heterocycles. The van der Waals surface area contributed by atoms with Crippen molar-refractivity contribution in [1.82, 2.24) is 5.32 Å². The minimum Gasteiger partial charge on any atom is -0.482 e. The van der Waals surface area contributed by atoms with Gasteiger partial charge in [0.15, 0.2) is 6.61 Å². The van der Waals surface area contributed by atoms with E-state index in [1.807, 2.05) is 0 Å². The number of hydrogen-bond donors (Lipinski definition) is 1. The summed E-state index contributed by atoms with van der Waals surface area (Å²) >= 11 is 19.2. The molecule has 0 bridgehead atoms. The highest BCUT2D eigenvalue weighted by atomic mass is 35.5. The molecule has 0 atom stereocenters. The van der Waals surface area contributed by atoms with Gasteiger partial charge in [0, 0.05) is 33.7 Å². The van der Waals surface area contributed by atoms with E-state index in [0.717, 1.165) is 0 Å². The highest BCUT2D eigenvalue weighted by molar-refractivity contribution is 7.98. The summed E-state index contributed by atoms with van der Waals surface area (Å²) < 4.78 is 18.9. The number of hydrogen-bond acceptors (Lipinski definition) is 3. The van der Waals surface area contributed by atoms with Crippen molar-refractivity contribution >= 4 is 52.5 Å². The average molecular weight is 423 g/mol. The third-order valence-electron chi connectivity index (χ3n) is 3.13. The summed E-state index contributed by atoms with van der Waals surface area (Å²) in [6.07, 6.45) is 0. The van der Waals surface area contributed by atoms with Crippen LogP contribution < -0.4 is 10.1 Å². The van der Waals surface area contributed by atoms with E-state index < -0.39 is 0 Å². The van der Waals surface area contributed by atoms with Gasteiger partial charge in [-0.1, -0.05) is 40.9 Å². The summed E-state index contributed by atoms with van der Waals surface area (Å²) in [6, 6.07) is 9.38. The molecule has 0 aliphatic rings. The lowest BCUT2D eigenvalue weighted by atomic mass is 10.2. The first-order chi connectivity index (χ1) is 12.0. The van der Waals surface area contributed by atoms with Gasteiger partial charge < -0.3 is 10.1 Å². The van der Waals surface area contributed by atoms with E-state index in [2.05, 4.69) is 5.32 Å². The van der Waals surface area contributed by atoms with Crippen molar-refractivity contribution in [2.75, 3.05) is 18.9 Å². The Morgan fingerprint density at radius 2 is 1.96 bits per heavy atom. The van der Waals surface area contributed by atoms with Gasteiger partial charge in [-0.3, -0.25) is 4.79 Å². The molecule has 0 aliphatic heterocycles. The summed E-state index contributed by atoms with van der Waals surface area (Å²) in [5.74, 6) is 0.869. The van der Waals surface area contributed by atoms with E-state index >= 15 is 0 Å². The third-order valence-corrected chi connectivity index (χ3v) is 5.00. The zero-order valence-electron chi connectivity index (χ0n) is 13.0. The molecular formula is C17H15Cl3FNO2S. The van der Waals surface area contributed by atoms with Crippen LogP contribution >= 0.6 is 46.6 Å². The lowest BCUT2D eigenvalue weighted by Crippen LogP contribution is -2.30. The quantitative estimate of drug-likeness (QED) is 0.593. The lowest BCUT2D eigenvalue weighted by molar-refractivity contribution is -0.122. The molecule has 2 aromatic carbocycles. The number of amides is 1. The molecule has 3 nitrogen and oxygen atoms in total. The summed E-state index contributed by atoms with van der Waals surface area (Å²) in [6.45, 7) is 0.290. The predicted molar refractivity (Wildman–Crippen MR) is 103 cm³/mol. The highest BCUT2D eigenvalue weighted by Gasteiger charge is 2.08. The van der Waals surface area contributed by atoms with Gasteiger partial charge >= 0.3 is 0 Å². The number of nitrogens with one attached hydrogen (secondary N) is 1. The summed E-state index contributed by atoms with van der Waals surface area (Å²) in [7, 11) is 0. The molecule has 25 heavy (non-hydrogen) atoms. The second kappa shape index (κ2) is 10.1. The van der Waals surface area contributed by atoms with Gasteiger partial charge in [-0.2, -0.15) is 11.8 Å². The average Bonchev–Trinajstić information content (AvgIpc) is 2.56. The van der Waals surface area contributed by atoms with Gasteiger partial charge in [0.1, 0.15) is 11.6 Å². The fraction of sp³-hybridized carbons (Fsp3) is 0.235. The fourth-order valence-electron chi connectivity index (χ4n) is 1.89. The fourth-order valence-corrected chi connectivity index (χ4v) is 3.55. The first-order valence-electron chi connectivity index (χ1n) is 7.32. The monoisotopic (exact) mass is 421 g/mol. The van der Waals surface area contributed by atoms with Crippen LogP contribution in [0.2, 0.25) is 15.1 Å². The van der Waals surface area contributed by atoms with Crippen molar-refractivity contribution in [3.8, 4) is 5.75 Å². The van der Waals surface area contributed by atoms with Crippen LogP contribution in [-0.4, -0.2) is 24.8 Å². The van der Waals surface area contributed by atoms with E-state index in [-0.39, 0.29) is 18.3 Å². The third kappa shape index (κ3) is 6.59. The van der Waals surface area contributed by atoms with Crippen molar-refractivity contribution < 1.29 is 13.9 Å². The van der Waals surface area contributed by atoms with Gasteiger partial charge in [0.25, 0.3) is 5.91 Å². The number of carbonyl (C=O) groups is 1. The van der Waals surface area contributed by atoms with E-state index in [1.165, 1.54) is 17.8 Å². The molecule has 0 radical (unpaired) electrons. The van der Waals surface area contributed by atoms with Crippen LogP contribution in [0.3, 0.4) is 0 Å². The maximum Gasteiger partial charge on any atom is 0.257 e. The molecular weight excluding hydrogens is 408 g/mol. The van der Waals surface area contributed by atoms with E-state index in [9.17, 15) is 9.18 Å². The van der Waals surface area contributed by atoms with Crippen molar-refractivity contribution in [2.24, 2.45) is 0 Å². The molecule has 0 aliphatic carbocycles. The van der Waals surface area contributed by atoms with Crippen LogP contribution in [0.25, 0.3) is 0 Å². The van der Waals surface area contributed by atoms with Gasteiger partial charge in [0.05, 0.1) is 5.02 Å². The number of benzene rings is 2. The molecule has 1 amide bonds. The molecule has 0 heterocycles. The smallest absolute Gasteiger partial charge is 0.257 e. The number of carbonyl (C=O) groups excluding carboxylic acids is 1. The van der Waals surface area contributed by atoms with Crippen molar-refractivity contribution in [2.45, 2.75) is 5.75 Å². The lowest BCUT2D eigenvalue weighted by Gasteiger charge is -2.09. The standard InChI is InChI=1S/C17H15Cl3FNO2S/c18-11-4-5-16(14(20)8-11)24-9-17(23)22-6-7-25-10-12-13(19)2-1-3-15(12)21/h1-5,8H,6-7,9-10H2,(H,22,23). The first-order valence-corrected chi connectivity index (χ1v) is 9.61. The molecule has 2 rings (SSSR count). The van der Waals surface area contributed by atoms with Gasteiger partial charge in [0.2, 0.25) is 0 Å². The van der Waals surface area contributed by atoms with Gasteiger partial charge in [-0.05, 0) is 30.3 Å². The Morgan fingerprint density at radius 3 is 2.68 bits per heavy atom. The van der Waals surface area contributed by atoms with E-state index in [0.29, 0.717) is 44.4 Å². The number of thioether (sulfide) groups is 1. The molecule has 134 valence electrons. The van der Waals surface area contributed by atoms with E-state index in [1.54, 1.807) is 30.3 Å². The minimum atomic E-state index is -0.322. The normalized spacial score (nSPS) is 10.6. The molecule has 0 fully saturated rings. The zero-order chi connectivity index (χ0) is 18.2. The summed E-state index contributed by atoms with van der Waals surface area (Å²) in [4.78, 5) is 11.7. The number of ether oxygens (including phenoxy) is 1. The number of rotatable bonds is 8. The molecule has 0 saturated carbocycles.